The zero-order valence-corrected chi connectivity index (χ0v) is 30.6. The molecule has 0 aliphatic heterocycles. The second-order valence-corrected chi connectivity index (χ2v) is 15.2. The number of phenolic OH excluding ortho intramolecular Hbond substituents is 1. The van der Waals surface area contributed by atoms with Crippen LogP contribution in [0.3, 0.4) is 0 Å². The van der Waals surface area contributed by atoms with Crippen LogP contribution in [0, 0.1) is 0 Å². The summed E-state index contributed by atoms with van der Waals surface area (Å²) in [5.74, 6) is -0.324. The van der Waals surface area contributed by atoms with Crippen molar-refractivity contribution in [3.05, 3.63) is 143 Å². The fourth-order valence-corrected chi connectivity index (χ4v) is 7.56. The van der Waals surface area contributed by atoms with Gasteiger partial charge in [0, 0.05) is 53.0 Å². The molecular formula is C37H37N2O10S3+. The van der Waals surface area contributed by atoms with E-state index in [2.05, 4.69) is 14.3 Å². The second-order valence-electron chi connectivity index (χ2n) is 11.6. The van der Waals surface area contributed by atoms with Crippen LogP contribution in [0.5, 0.6) is 5.75 Å². The number of anilines is 1. The first kappa shape index (κ1) is 38.6. The van der Waals surface area contributed by atoms with Crippen LogP contribution in [-0.2, 0) is 42.7 Å². The smallest absolute Gasteiger partial charge is 0.295 e. The minimum atomic E-state index is -4.75. The first-order chi connectivity index (χ1) is 24.8. The highest BCUT2D eigenvalue weighted by Gasteiger charge is 2.23. The van der Waals surface area contributed by atoms with E-state index in [-0.39, 0.29) is 16.2 Å². The number of hydrogen-bond acceptors (Lipinski definition) is 10. The SMILES string of the molecule is CCN(Cc1cccc(SOOO)c1)c1ccc(C(=C2C=CC(=[N+](CC)Cc3cccc(S(=O)(=O)O)c3)C=C2)c2ccc(O)cc2S(=O)(=O)O)cc1. The van der Waals surface area contributed by atoms with Crippen molar-refractivity contribution in [1.82, 2.24) is 0 Å². The van der Waals surface area contributed by atoms with Crippen LogP contribution in [0.4, 0.5) is 5.69 Å². The first-order valence-electron chi connectivity index (χ1n) is 16.0. The molecule has 0 amide bonds. The fourth-order valence-electron chi connectivity index (χ4n) is 5.85. The van der Waals surface area contributed by atoms with Crippen molar-refractivity contribution in [3.8, 4) is 5.75 Å². The largest absolute Gasteiger partial charge is 0.508 e. The van der Waals surface area contributed by atoms with Gasteiger partial charge in [-0.25, -0.2) is 9.83 Å². The summed E-state index contributed by atoms with van der Waals surface area (Å²) in [4.78, 5) is 2.23. The van der Waals surface area contributed by atoms with Gasteiger partial charge in [0.15, 0.2) is 12.3 Å². The van der Waals surface area contributed by atoms with E-state index in [1.807, 2.05) is 91.3 Å². The van der Waals surface area contributed by atoms with E-state index in [1.165, 1.54) is 24.3 Å². The van der Waals surface area contributed by atoms with Crippen LogP contribution in [-0.4, -0.2) is 59.7 Å². The molecule has 0 unspecified atom stereocenters. The second kappa shape index (κ2) is 16.8. The molecule has 52 heavy (non-hydrogen) atoms. The standard InChI is InChI=1S/C37H36N2O10S3/c1-3-38(24-26-7-5-9-33(21-26)50-49-48-41)30-15-11-28(12-16-30)37(35-20-19-32(40)23-36(35)52(45,46)47)29-13-17-31(18-14-29)39(4-2)25-27-8-6-10-34(22-27)51(42,43)44/h5-23H,3-4,24-25H2,1-2H3,(H3,41,42,43,44,45,46,47)/p+1. The Bertz CT molecular complexity index is 2260. The molecule has 4 N–H and O–H groups in total. The molecule has 15 heteroatoms. The molecule has 0 heterocycles. The van der Waals surface area contributed by atoms with Gasteiger partial charge in [-0.3, -0.25) is 9.11 Å². The van der Waals surface area contributed by atoms with Gasteiger partial charge < -0.3 is 10.0 Å². The number of hydrogen-bond donors (Lipinski definition) is 4. The van der Waals surface area contributed by atoms with Crippen molar-refractivity contribution >= 4 is 49.3 Å². The lowest BCUT2D eigenvalue weighted by Crippen LogP contribution is -2.22. The number of phenols is 1. The third kappa shape index (κ3) is 9.64. The molecule has 0 bridgehead atoms. The summed E-state index contributed by atoms with van der Waals surface area (Å²) >= 11 is 0.874. The van der Waals surface area contributed by atoms with E-state index in [0.29, 0.717) is 48.5 Å². The lowest BCUT2D eigenvalue weighted by Gasteiger charge is -2.24. The Balaban J connectivity index is 1.54. The molecule has 0 radical (unpaired) electrons. The third-order valence-corrected chi connectivity index (χ3v) is 10.6. The van der Waals surface area contributed by atoms with Crippen LogP contribution in [0.25, 0.3) is 5.57 Å². The highest BCUT2D eigenvalue weighted by atomic mass is 32.2. The van der Waals surface area contributed by atoms with Gasteiger partial charge in [-0.15, -0.1) is 4.33 Å². The molecule has 1 aliphatic carbocycles. The Morgan fingerprint density at radius 3 is 2.13 bits per heavy atom. The molecule has 5 rings (SSSR count). The quantitative estimate of drug-likeness (QED) is 0.0343. The molecular weight excluding hydrogens is 729 g/mol. The summed E-state index contributed by atoms with van der Waals surface area (Å²) < 4.78 is 74.8. The summed E-state index contributed by atoms with van der Waals surface area (Å²) in [6.45, 7) is 6.12. The predicted octanol–water partition coefficient (Wildman–Crippen LogP) is 6.94. The highest BCUT2D eigenvalue weighted by Crippen LogP contribution is 2.36. The van der Waals surface area contributed by atoms with Crippen molar-refractivity contribution in [2.45, 2.75) is 41.6 Å². The molecule has 272 valence electrons. The molecule has 0 aromatic heterocycles. The van der Waals surface area contributed by atoms with E-state index in [4.69, 9.17) is 5.26 Å². The van der Waals surface area contributed by atoms with Crippen LogP contribution in [0.15, 0.2) is 136 Å². The van der Waals surface area contributed by atoms with E-state index in [0.717, 1.165) is 40.0 Å². The molecule has 12 nitrogen and oxygen atoms in total. The summed E-state index contributed by atoms with van der Waals surface area (Å²) in [5, 5.41) is 22.4. The van der Waals surface area contributed by atoms with Gasteiger partial charge in [0.1, 0.15) is 17.2 Å². The number of nitrogens with zero attached hydrogens (tertiary/aromatic N) is 2. The average Bonchev–Trinajstić information content (AvgIpc) is 3.13. The van der Waals surface area contributed by atoms with Gasteiger partial charge in [0.25, 0.3) is 20.2 Å². The van der Waals surface area contributed by atoms with Gasteiger partial charge >= 0.3 is 0 Å². The molecule has 0 saturated heterocycles. The predicted molar refractivity (Wildman–Crippen MR) is 198 cm³/mol. The molecule has 1 aliphatic rings. The number of aromatic hydroxyl groups is 1. The van der Waals surface area contributed by atoms with Crippen LogP contribution in [0.1, 0.15) is 36.1 Å². The Kier molecular flexibility index (Phi) is 12.5. The van der Waals surface area contributed by atoms with Gasteiger partial charge in [-0.05, 0) is 96.8 Å². The van der Waals surface area contributed by atoms with Gasteiger partial charge in [-0.1, -0.05) is 41.4 Å². The highest BCUT2D eigenvalue weighted by molar-refractivity contribution is 7.94. The molecule has 4 aromatic carbocycles. The normalized spacial score (nSPS) is 13.0. The molecule has 0 fully saturated rings. The first-order valence-corrected chi connectivity index (χ1v) is 19.6. The Labute approximate surface area is 306 Å². The molecule has 4 aromatic rings. The summed E-state index contributed by atoms with van der Waals surface area (Å²) in [7, 11) is -9.11. The Morgan fingerprint density at radius 2 is 1.50 bits per heavy atom. The molecule has 0 saturated carbocycles. The number of benzene rings is 4. The lowest BCUT2D eigenvalue weighted by molar-refractivity contribution is -0.539. The van der Waals surface area contributed by atoms with Gasteiger partial charge in [0.2, 0.25) is 0 Å². The van der Waals surface area contributed by atoms with Crippen molar-refractivity contribution in [2.75, 3.05) is 18.0 Å². The fraction of sp³-hybridized carbons (Fsp3) is 0.162. The third-order valence-electron chi connectivity index (χ3n) is 8.32. The number of rotatable bonds is 14. The Morgan fingerprint density at radius 1 is 0.808 bits per heavy atom. The maximum atomic E-state index is 12.6. The van der Waals surface area contributed by atoms with Crippen molar-refractivity contribution < 1.29 is 50.3 Å². The summed E-state index contributed by atoms with van der Waals surface area (Å²) in [6.07, 6.45) is 7.36. The maximum absolute atomic E-state index is 12.6. The topological polar surface area (TPSA) is 174 Å². The zero-order valence-electron chi connectivity index (χ0n) is 28.2. The molecule has 0 spiro atoms. The number of allylic oxidation sites excluding steroid dienone is 5. The minimum absolute atomic E-state index is 0.186. The average molecular weight is 766 g/mol. The maximum Gasteiger partial charge on any atom is 0.295 e. The van der Waals surface area contributed by atoms with Gasteiger partial charge in [0.05, 0.1) is 16.9 Å². The van der Waals surface area contributed by atoms with Crippen LogP contribution < -0.4 is 4.90 Å². The van der Waals surface area contributed by atoms with Crippen LogP contribution >= 0.6 is 12.0 Å². The minimum Gasteiger partial charge on any atom is -0.508 e. The zero-order chi connectivity index (χ0) is 37.5. The van der Waals surface area contributed by atoms with Crippen molar-refractivity contribution in [2.24, 2.45) is 0 Å². The summed E-state index contributed by atoms with van der Waals surface area (Å²) in [6, 6.07) is 25.0. The van der Waals surface area contributed by atoms with Crippen LogP contribution in [0.2, 0.25) is 0 Å². The Hall–Kier alpha value is -4.58. The van der Waals surface area contributed by atoms with Crippen molar-refractivity contribution in [3.63, 3.8) is 0 Å². The monoisotopic (exact) mass is 765 g/mol. The van der Waals surface area contributed by atoms with E-state index >= 15 is 0 Å². The summed E-state index contributed by atoms with van der Waals surface area (Å²) in [5.41, 5.74) is 5.32. The van der Waals surface area contributed by atoms with Crippen molar-refractivity contribution in [1.29, 1.82) is 0 Å². The van der Waals surface area contributed by atoms with E-state index in [1.54, 1.807) is 12.1 Å². The van der Waals surface area contributed by atoms with E-state index < -0.39 is 25.1 Å². The lowest BCUT2D eigenvalue weighted by atomic mass is 9.90. The van der Waals surface area contributed by atoms with Gasteiger partial charge in [-0.2, -0.15) is 16.8 Å². The molecule has 0 atom stereocenters. The van der Waals surface area contributed by atoms with E-state index in [9.17, 15) is 31.0 Å².